The Labute approximate surface area is 209 Å². The predicted molar refractivity (Wildman–Crippen MR) is 141 cm³/mol. The zero-order chi connectivity index (χ0) is 22.2. The number of halogens is 1. The van der Waals surface area contributed by atoms with Crippen LogP contribution in [0.4, 0.5) is 0 Å². The summed E-state index contributed by atoms with van der Waals surface area (Å²) in [5.41, 5.74) is 5.04. The topological polar surface area (TPSA) is 25.8 Å². The first-order chi connectivity index (χ1) is 16.2. The van der Waals surface area contributed by atoms with E-state index in [0.717, 1.165) is 38.4 Å². The van der Waals surface area contributed by atoms with Gasteiger partial charge in [0.1, 0.15) is 0 Å². The van der Waals surface area contributed by atoms with Crippen molar-refractivity contribution in [1.29, 1.82) is 0 Å². The standard InChI is InChI=1S/C28H17BrN2S2/c29-21-12-14-25-27(16-21)33-26-15-20(11-13-24(26)32-25)23-17-22(18-7-3-1-4-8-18)30-28(31-23)19-9-5-2-6-10-19/h1-17H. The lowest BCUT2D eigenvalue weighted by molar-refractivity contribution is 1.14. The lowest BCUT2D eigenvalue weighted by Crippen LogP contribution is -1.96. The molecule has 0 radical (unpaired) electrons. The lowest BCUT2D eigenvalue weighted by Gasteiger charge is -2.19. The summed E-state index contributed by atoms with van der Waals surface area (Å²) in [6.45, 7) is 0. The minimum Gasteiger partial charge on any atom is -0.228 e. The molecule has 0 N–H and O–H groups in total. The fourth-order valence-corrected chi connectivity index (χ4v) is 6.57. The molecule has 1 aromatic heterocycles. The molecule has 1 aliphatic rings. The van der Waals surface area contributed by atoms with E-state index in [0.29, 0.717) is 0 Å². The van der Waals surface area contributed by atoms with E-state index < -0.39 is 0 Å². The van der Waals surface area contributed by atoms with E-state index in [1.54, 1.807) is 0 Å². The van der Waals surface area contributed by atoms with Crippen molar-refractivity contribution in [2.75, 3.05) is 0 Å². The Bertz CT molecular complexity index is 1410. The van der Waals surface area contributed by atoms with Crippen LogP contribution in [0.25, 0.3) is 33.9 Å². The Hall–Kier alpha value is -2.86. The minimum atomic E-state index is 0.737. The molecular weight excluding hydrogens is 508 g/mol. The molecule has 0 aliphatic carbocycles. The van der Waals surface area contributed by atoms with Gasteiger partial charge in [0, 0.05) is 40.7 Å². The van der Waals surface area contributed by atoms with E-state index in [9.17, 15) is 0 Å². The smallest absolute Gasteiger partial charge is 0.160 e. The van der Waals surface area contributed by atoms with Crippen molar-refractivity contribution in [3.8, 4) is 33.9 Å². The molecule has 0 amide bonds. The summed E-state index contributed by atoms with van der Waals surface area (Å²) in [5.74, 6) is 0.737. The van der Waals surface area contributed by atoms with Gasteiger partial charge in [-0.3, -0.25) is 0 Å². The highest BCUT2D eigenvalue weighted by Crippen LogP contribution is 2.50. The molecule has 0 unspecified atom stereocenters. The molecule has 0 saturated carbocycles. The van der Waals surface area contributed by atoms with Gasteiger partial charge in [0.15, 0.2) is 5.82 Å². The van der Waals surface area contributed by atoms with Crippen LogP contribution in [-0.2, 0) is 0 Å². The van der Waals surface area contributed by atoms with Gasteiger partial charge >= 0.3 is 0 Å². The Morgan fingerprint density at radius 1 is 0.485 bits per heavy atom. The maximum Gasteiger partial charge on any atom is 0.160 e. The van der Waals surface area contributed by atoms with Crippen LogP contribution in [-0.4, -0.2) is 9.97 Å². The molecule has 4 aromatic carbocycles. The van der Waals surface area contributed by atoms with E-state index in [1.165, 1.54) is 19.6 Å². The Kier molecular flexibility index (Phi) is 5.54. The summed E-state index contributed by atoms with van der Waals surface area (Å²) in [7, 11) is 0. The van der Waals surface area contributed by atoms with Crippen LogP contribution in [0, 0.1) is 0 Å². The van der Waals surface area contributed by atoms with Gasteiger partial charge in [0.05, 0.1) is 11.4 Å². The van der Waals surface area contributed by atoms with Crippen molar-refractivity contribution in [2.45, 2.75) is 19.6 Å². The van der Waals surface area contributed by atoms with E-state index >= 15 is 0 Å². The highest BCUT2D eigenvalue weighted by Gasteiger charge is 2.19. The second kappa shape index (κ2) is 8.82. The van der Waals surface area contributed by atoms with Gasteiger partial charge in [-0.1, -0.05) is 106 Å². The monoisotopic (exact) mass is 524 g/mol. The molecule has 0 bridgehead atoms. The average molecular weight is 525 g/mol. The molecule has 0 atom stereocenters. The first kappa shape index (κ1) is 20.7. The van der Waals surface area contributed by atoms with Gasteiger partial charge in [-0.2, -0.15) is 0 Å². The van der Waals surface area contributed by atoms with Gasteiger partial charge in [0.2, 0.25) is 0 Å². The number of aromatic nitrogens is 2. The fraction of sp³-hybridized carbons (Fsp3) is 0. The Morgan fingerprint density at radius 3 is 1.79 bits per heavy atom. The van der Waals surface area contributed by atoms with Crippen LogP contribution in [0.5, 0.6) is 0 Å². The fourth-order valence-electron chi connectivity index (χ4n) is 3.78. The van der Waals surface area contributed by atoms with Crippen LogP contribution in [0.15, 0.2) is 127 Å². The van der Waals surface area contributed by atoms with Crippen LogP contribution in [0.1, 0.15) is 0 Å². The van der Waals surface area contributed by atoms with E-state index in [1.807, 2.05) is 59.9 Å². The Balaban J connectivity index is 1.46. The van der Waals surface area contributed by atoms with E-state index in [-0.39, 0.29) is 0 Å². The van der Waals surface area contributed by atoms with Gasteiger partial charge < -0.3 is 0 Å². The van der Waals surface area contributed by atoms with Gasteiger partial charge in [-0.05, 0) is 36.4 Å². The second-order valence-corrected chi connectivity index (χ2v) is 10.7. The second-order valence-electron chi connectivity index (χ2n) is 7.65. The summed E-state index contributed by atoms with van der Waals surface area (Å²) in [6.07, 6.45) is 0. The number of fused-ring (bicyclic) bond motifs is 2. The molecule has 1 aliphatic heterocycles. The quantitative estimate of drug-likeness (QED) is 0.231. The maximum absolute atomic E-state index is 4.97. The largest absolute Gasteiger partial charge is 0.228 e. The highest BCUT2D eigenvalue weighted by molar-refractivity contribution is 9.10. The Morgan fingerprint density at radius 2 is 1.06 bits per heavy atom. The molecule has 2 nitrogen and oxygen atoms in total. The first-order valence-corrected chi connectivity index (χ1v) is 13.0. The summed E-state index contributed by atoms with van der Waals surface area (Å²) in [4.78, 5) is 15.0. The number of hydrogen-bond donors (Lipinski definition) is 0. The molecular formula is C28H17BrN2S2. The minimum absolute atomic E-state index is 0.737. The van der Waals surface area contributed by atoms with Crippen LogP contribution in [0.3, 0.4) is 0 Å². The zero-order valence-electron chi connectivity index (χ0n) is 17.4. The average Bonchev–Trinajstić information content (AvgIpc) is 2.88. The maximum atomic E-state index is 4.97. The van der Waals surface area contributed by atoms with Crippen LogP contribution in [0.2, 0.25) is 0 Å². The van der Waals surface area contributed by atoms with E-state index in [4.69, 9.17) is 9.97 Å². The number of hydrogen-bond acceptors (Lipinski definition) is 4. The molecule has 158 valence electrons. The van der Waals surface area contributed by atoms with Crippen molar-refractivity contribution in [1.82, 2.24) is 9.97 Å². The predicted octanol–water partition coefficient (Wildman–Crippen LogP) is 8.86. The lowest BCUT2D eigenvalue weighted by atomic mass is 10.1. The van der Waals surface area contributed by atoms with Crippen molar-refractivity contribution >= 4 is 39.5 Å². The summed E-state index contributed by atoms with van der Waals surface area (Å²) in [6, 6.07) is 35.7. The van der Waals surface area contributed by atoms with Crippen molar-refractivity contribution < 1.29 is 0 Å². The normalized spacial score (nSPS) is 12.2. The van der Waals surface area contributed by atoms with Gasteiger partial charge in [-0.15, -0.1) is 0 Å². The number of benzene rings is 4. The van der Waals surface area contributed by atoms with Gasteiger partial charge in [0.25, 0.3) is 0 Å². The summed E-state index contributed by atoms with van der Waals surface area (Å²) < 4.78 is 1.10. The third-order valence-corrected chi connectivity index (χ3v) is 8.43. The van der Waals surface area contributed by atoms with Crippen LogP contribution < -0.4 is 0 Å². The zero-order valence-corrected chi connectivity index (χ0v) is 20.6. The first-order valence-electron chi connectivity index (χ1n) is 10.5. The van der Waals surface area contributed by atoms with Crippen molar-refractivity contribution in [3.05, 3.63) is 108 Å². The van der Waals surface area contributed by atoms with Crippen molar-refractivity contribution in [2.24, 2.45) is 0 Å². The summed E-state index contributed by atoms with van der Waals surface area (Å²) in [5, 5.41) is 0. The highest BCUT2D eigenvalue weighted by atomic mass is 79.9. The van der Waals surface area contributed by atoms with Crippen molar-refractivity contribution in [3.63, 3.8) is 0 Å². The molecule has 0 saturated heterocycles. The molecule has 0 spiro atoms. The molecule has 5 aromatic rings. The molecule has 6 rings (SSSR count). The van der Waals surface area contributed by atoms with Crippen LogP contribution >= 0.6 is 39.5 Å². The number of rotatable bonds is 3. The summed E-state index contributed by atoms with van der Waals surface area (Å²) >= 11 is 7.24. The van der Waals surface area contributed by atoms with E-state index in [2.05, 4.69) is 82.7 Å². The SMILES string of the molecule is Brc1ccc2c(c1)Sc1cc(-c3cc(-c4ccccc4)nc(-c4ccccc4)n3)ccc1S2. The number of nitrogens with zero attached hydrogens (tertiary/aromatic N) is 2. The third-order valence-electron chi connectivity index (χ3n) is 5.41. The third kappa shape index (κ3) is 4.24. The molecule has 2 heterocycles. The molecule has 0 fully saturated rings. The molecule has 33 heavy (non-hydrogen) atoms. The van der Waals surface area contributed by atoms with Gasteiger partial charge in [-0.25, -0.2) is 9.97 Å². The molecule has 5 heteroatoms.